The van der Waals surface area contributed by atoms with E-state index >= 15 is 0 Å². The number of hydrogen-bond donors (Lipinski definition) is 2. The van der Waals surface area contributed by atoms with Crippen LogP contribution in [0.5, 0.6) is 5.75 Å². The molecule has 2 N–H and O–H groups in total. The van der Waals surface area contributed by atoms with Crippen LogP contribution in [0, 0.1) is 5.92 Å². The first kappa shape index (κ1) is 25.3. The predicted octanol–water partition coefficient (Wildman–Crippen LogP) is 6.29. The summed E-state index contributed by atoms with van der Waals surface area (Å²) < 4.78 is 6.40. The third-order valence-corrected chi connectivity index (χ3v) is 9.47. The zero-order valence-electron chi connectivity index (χ0n) is 23.1. The van der Waals surface area contributed by atoms with Gasteiger partial charge in [0.1, 0.15) is 11.9 Å². The lowest BCUT2D eigenvalue weighted by molar-refractivity contribution is 0.0662. The number of H-pyrrole nitrogens is 1. The van der Waals surface area contributed by atoms with Crippen molar-refractivity contribution >= 4 is 16.8 Å². The number of carbonyl (C=O) groups excluding carboxylic acids is 1. The maximum Gasteiger partial charge on any atom is 0.251 e. The van der Waals surface area contributed by atoms with Gasteiger partial charge in [-0.15, -0.1) is 0 Å². The number of nitrogens with one attached hydrogen (secondary N) is 2. The quantitative estimate of drug-likeness (QED) is 0.291. The summed E-state index contributed by atoms with van der Waals surface area (Å²) in [5.74, 6) is 1.25. The normalized spacial score (nSPS) is 23.9. The summed E-state index contributed by atoms with van der Waals surface area (Å²) in [5, 5.41) is 12.0. The molecule has 4 heterocycles. The van der Waals surface area contributed by atoms with Crippen LogP contribution in [-0.2, 0) is 0 Å². The van der Waals surface area contributed by atoms with E-state index in [-0.39, 0.29) is 18.1 Å². The summed E-state index contributed by atoms with van der Waals surface area (Å²) in [4.78, 5) is 20.6. The Morgan fingerprint density at radius 2 is 1.77 bits per heavy atom. The molecular formula is C33H37N5O2. The Hall–Kier alpha value is -3.71. The molecule has 0 spiro atoms. The van der Waals surface area contributed by atoms with Crippen LogP contribution >= 0.6 is 0 Å². The van der Waals surface area contributed by atoms with E-state index < -0.39 is 0 Å². The molecule has 1 unspecified atom stereocenters. The predicted molar refractivity (Wildman–Crippen MR) is 156 cm³/mol. The van der Waals surface area contributed by atoms with Gasteiger partial charge in [-0.05, 0) is 106 Å². The highest BCUT2D eigenvalue weighted by Crippen LogP contribution is 2.37. The lowest BCUT2D eigenvalue weighted by Gasteiger charge is -2.36. The van der Waals surface area contributed by atoms with E-state index in [4.69, 9.17) is 4.74 Å². The molecule has 7 rings (SSSR count). The first-order chi connectivity index (χ1) is 19.6. The Morgan fingerprint density at radius 3 is 2.50 bits per heavy atom. The molecule has 3 aliphatic rings. The van der Waals surface area contributed by atoms with Crippen molar-refractivity contribution in [1.29, 1.82) is 0 Å². The van der Waals surface area contributed by atoms with Gasteiger partial charge in [-0.3, -0.25) is 14.9 Å². The van der Waals surface area contributed by atoms with Gasteiger partial charge in [0.2, 0.25) is 0 Å². The molecule has 2 aromatic carbocycles. The molecule has 2 aliphatic heterocycles. The number of aromatic nitrogens is 3. The second kappa shape index (κ2) is 10.7. The van der Waals surface area contributed by atoms with E-state index in [1.807, 2.05) is 48.5 Å². The van der Waals surface area contributed by atoms with Crippen molar-refractivity contribution in [1.82, 2.24) is 25.4 Å². The number of rotatable bonds is 7. The van der Waals surface area contributed by atoms with Gasteiger partial charge in [0.15, 0.2) is 0 Å². The SMILES string of the molecule is CN1[C@@H]2CC[C@H]1CC(Oc1ccc(-c3n[nH]c4ccc(C(=O)N[C@H](c5ccccn5)C5CCCC5)cc34)cc1)C2. The Bertz CT molecular complexity index is 1460. The zero-order chi connectivity index (χ0) is 27.1. The van der Waals surface area contributed by atoms with E-state index in [1.54, 1.807) is 6.20 Å². The molecule has 4 aromatic rings. The molecule has 1 aliphatic carbocycles. The third kappa shape index (κ3) is 4.87. The maximum atomic E-state index is 13.5. The van der Waals surface area contributed by atoms with Gasteiger partial charge in [0.05, 0.1) is 22.9 Å². The van der Waals surface area contributed by atoms with Crippen LogP contribution in [0.1, 0.15) is 73.5 Å². The highest BCUT2D eigenvalue weighted by molar-refractivity contribution is 6.01. The average molecular weight is 536 g/mol. The monoisotopic (exact) mass is 535 g/mol. The molecule has 40 heavy (non-hydrogen) atoms. The van der Waals surface area contributed by atoms with E-state index in [1.165, 1.54) is 25.7 Å². The van der Waals surface area contributed by atoms with Gasteiger partial charge in [-0.1, -0.05) is 18.9 Å². The summed E-state index contributed by atoms with van der Waals surface area (Å²) in [6, 6.07) is 21.2. The van der Waals surface area contributed by atoms with E-state index in [0.29, 0.717) is 23.6 Å². The average Bonchev–Trinajstić information content (AvgIpc) is 3.71. The van der Waals surface area contributed by atoms with E-state index in [9.17, 15) is 4.79 Å². The fraction of sp³-hybridized carbons (Fsp3) is 0.424. The number of pyridine rings is 1. The molecule has 7 nitrogen and oxygen atoms in total. The molecule has 1 saturated carbocycles. The lowest BCUT2D eigenvalue weighted by Crippen LogP contribution is -2.43. The Kier molecular flexibility index (Phi) is 6.76. The van der Waals surface area contributed by atoms with Crippen LogP contribution < -0.4 is 10.1 Å². The Morgan fingerprint density at radius 1 is 1.00 bits per heavy atom. The van der Waals surface area contributed by atoms with Gasteiger partial charge in [0.25, 0.3) is 5.91 Å². The van der Waals surface area contributed by atoms with Crippen molar-refractivity contribution < 1.29 is 9.53 Å². The number of benzene rings is 2. The highest BCUT2D eigenvalue weighted by Gasteiger charge is 2.39. The second-order valence-corrected chi connectivity index (χ2v) is 11.9. The van der Waals surface area contributed by atoms with Crippen LogP contribution in [0.2, 0.25) is 0 Å². The summed E-state index contributed by atoms with van der Waals surface area (Å²) in [7, 11) is 2.26. The number of fused-ring (bicyclic) bond motifs is 3. The fourth-order valence-corrected chi connectivity index (χ4v) is 7.23. The van der Waals surface area contributed by atoms with Gasteiger partial charge in [0, 0.05) is 34.8 Å². The van der Waals surface area contributed by atoms with Crippen molar-refractivity contribution in [3.05, 3.63) is 78.1 Å². The summed E-state index contributed by atoms with van der Waals surface area (Å²) >= 11 is 0. The topological polar surface area (TPSA) is 83.1 Å². The van der Waals surface area contributed by atoms with E-state index in [0.717, 1.165) is 59.3 Å². The molecule has 1 amide bonds. The molecule has 206 valence electrons. The molecule has 0 radical (unpaired) electrons. The third-order valence-electron chi connectivity index (χ3n) is 9.47. The molecule has 2 saturated heterocycles. The first-order valence-electron chi connectivity index (χ1n) is 14.8. The zero-order valence-corrected chi connectivity index (χ0v) is 23.1. The van der Waals surface area contributed by atoms with Gasteiger partial charge >= 0.3 is 0 Å². The van der Waals surface area contributed by atoms with Crippen molar-refractivity contribution in [2.45, 2.75) is 75.6 Å². The van der Waals surface area contributed by atoms with Crippen molar-refractivity contribution in [3.8, 4) is 17.0 Å². The van der Waals surface area contributed by atoms with Gasteiger partial charge in [-0.2, -0.15) is 5.10 Å². The highest BCUT2D eigenvalue weighted by atomic mass is 16.5. The van der Waals surface area contributed by atoms with Crippen molar-refractivity contribution in [2.24, 2.45) is 5.92 Å². The number of carbonyl (C=O) groups is 1. The summed E-state index contributed by atoms with van der Waals surface area (Å²) in [6.07, 6.45) is 11.5. The number of aromatic amines is 1. The molecule has 7 heteroatoms. The second-order valence-electron chi connectivity index (χ2n) is 11.9. The number of piperidine rings is 1. The fourth-order valence-electron chi connectivity index (χ4n) is 7.23. The number of amides is 1. The minimum atomic E-state index is -0.0805. The summed E-state index contributed by atoms with van der Waals surface area (Å²) in [5.41, 5.74) is 4.31. The number of nitrogens with zero attached hydrogens (tertiary/aromatic N) is 3. The van der Waals surface area contributed by atoms with Gasteiger partial charge in [-0.25, -0.2) is 0 Å². The molecular weight excluding hydrogens is 498 g/mol. The minimum Gasteiger partial charge on any atom is -0.490 e. The maximum absolute atomic E-state index is 13.5. The lowest BCUT2D eigenvalue weighted by atomic mass is 9.94. The standard InChI is InChI=1S/C33H37N5O2/c1-38-24-12-13-25(38)20-27(19-24)40-26-14-9-22(10-15-26)31-28-18-23(11-16-29(28)36-37-31)33(39)35-32(21-6-2-3-7-21)30-8-4-5-17-34-30/h4-5,8-11,14-18,21,24-25,27,32H,2-3,6-7,12-13,19-20H2,1H3,(H,35,39)(H,36,37)/t24-,25+,27?,32-/m0/s1. The molecule has 2 bridgehead atoms. The summed E-state index contributed by atoms with van der Waals surface area (Å²) in [6.45, 7) is 0. The van der Waals surface area contributed by atoms with Crippen LogP contribution in [0.3, 0.4) is 0 Å². The van der Waals surface area contributed by atoms with Crippen LogP contribution in [0.4, 0.5) is 0 Å². The van der Waals surface area contributed by atoms with Crippen LogP contribution in [0.25, 0.3) is 22.2 Å². The van der Waals surface area contributed by atoms with Crippen LogP contribution in [0.15, 0.2) is 66.9 Å². The Balaban J connectivity index is 1.09. The van der Waals surface area contributed by atoms with Crippen molar-refractivity contribution in [3.63, 3.8) is 0 Å². The number of ether oxygens (including phenoxy) is 1. The Labute approximate surface area is 235 Å². The largest absolute Gasteiger partial charge is 0.490 e. The molecule has 4 atom stereocenters. The van der Waals surface area contributed by atoms with Crippen LogP contribution in [-0.4, -0.2) is 51.2 Å². The smallest absolute Gasteiger partial charge is 0.251 e. The number of hydrogen-bond acceptors (Lipinski definition) is 5. The molecule has 2 aromatic heterocycles. The molecule has 3 fully saturated rings. The van der Waals surface area contributed by atoms with Gasteiger partial charge < -0.3 is 15.0 Å². The first-order valence-corrected chi connectivity index (χ1v) is 14.8. The van der Waals surface area contributed by atoms with Crippen molar-refractivity contribution in [2.75, 3.05) is 7.05 Å². The minimum absolute atomic E-state index is 0.0764. The van der Waals surface area contributed by atoms with E-state index in [2.05, 4.69) is 44.6 Å².